The second kappa shape index (κ2) is 8.73. The van der Waals surface area contributed by atoms with Crippen molar-refractivity contribution in [1.29, 1.82) is 0 Å². The highest BCUT2D eigenvalue weighted by Gasteiger charge is 2.19. The summed E-state index contributed by atoms with van der Waals surface area (Å²) in [5.41, 5.74) is 0.386. The summed E-state index contributed by atoms with van der Waals surface area (Å²) in [6.45, 7) is 5.44. The molecule has 0 aliphatic carbocycles. The normalized spacial score (nSPS) is 11.8. The van der Waals surface area contributed by atoms with E-state index in [9.17, 15) is 9.59 Å². The summed E-state index contributed by atoms with van der Waals surface area (Å²) in [4.78, 5) is 28.0. The molecule has 0 fully saturated rings. The van der Waals surface area contributed by atoms with Gasteiger partial charge in [-0.2, -0.15) is 0 Å². The van der Waals surface area contributed by atoms with Crippen molar-refractivity contribution in [2.24, 2.45) is 0 Å². The second-order valence-electron chi connectivity index (χ2n) is 5.82. The number of carboxylic acid groups (broad SMARTS) is 1. The van der Waals surface area contributed by atoms with Crippen molar-refractivity contribution in [3.8, 4) is 0 Å². The topological polar surface area (TPSA) is 79.7 Å². The first kappa shape index (κ1) is 18.4. The maximum Gasteiger partial charge on any atom is 0.414 e. The number of carbonyl (C=O) groups excluding carboxylic acids is 1. The molecule has 0 spiro atoms. The number of allylic oxidation sites excluding steroid dienone is 1. The third-order valence-corrected chi connectivity index (χ3v) is 2.55. The predicted octanol–water partition coefficient (Wildman–Crippen LogP) is 3.02. The van der Waals surface area contributed by atoms with Crippen LogP contribution in [0.3, 0.4) is 0 Å². The van der Waals surface area contributed by atoms with Gasteiger partial charge in [0, 0.05) is 31.2 Å². The fourth-order valence-electron chi connectivity index (χ4n) is 1.62. The van der Waals surface area contributed by atoms with E-state index >= 15 is 0 Å². The Hall–Kier alpha value is -2.63. The molecule has 6 nitrogen and oxygen atoms in total. The average molecular weight is 318 g/mol. The zero-order valence-electron chi connectivity index (χ0n) is 13.6. The first-order valence-corrected chi connectivity index (χ1v) is 7.22. The van der Waals surface area contributed by atoms with Gasteiger partial charge in [0.15, 0.2) is 0 Å². The van der Waals surface area contributed by atoms with Gasteiger partial charge in [-0.1, -0.05) is 18.2 Å². The number of amides is 1. The van der Waals surface area contributed by atoms with Gasteiger partial charge < -0.3 is 9.84 Å². The highest BCUT2D eigenvalue weighted by molar-refractivity contribution is 5.79. The molecule has 1 heterocycles. The van der Waals surface area contributed by atoms with Crippen molar-refractivity contribution in [2.45, 2.75) is 32.8 Å². The second-order valence-corrected chi connectivity index (χ2v) is 5.82. The van der Waals surface area contributed by atoms with Crippen LogP contribution in [0.5, 0.6) is 0 Å². The fourth-order valence-corrected chi connectivity index (χ4v) is 1.62. The van der Waals surface area contributed by atoms with E-state index in [-0.39, 0.29) is 6.54 Å². The Morgan fingerprint density at radius 2 is 2.09 bits per heavy atom. The molecule has 1 rings (SSSR count). The molecular formula is C17H22N2O4. The molecule has 0 saturated carbocycles. The molecule has 0 aromatic carbocycles. The number of ether oxygens (including phenoxy) is 1. The summed E-state index contributed by atoms with van der Waals surface area (Å²) in [6, 6.07) is 3.77. The molecule has 0 radical (unpaired) electrons. The number of aliphatic carboxylic acids is 1. The Labute approximate surface area is 136 Å². The highest BCUT2D eigenvalue weighted by atomic mass is 16.6. The molecule has 1 aromatic heterocycles. The van der Waals surface area contributed by atoms with Crippen LogP contribution in [0.15, 0.2) is 49.0 Å². The lowest BCUT2D eigenvalue weighted by Gasteiger charge is -2.24. The minimum absolute atomic E-state index is 0.116. The van der Waals surface area contributed by atoms with Crippen LogP contribution in [0, 0.1) is 0 Å². The zero-order valence-corrected chi connectivity index (χ0v) is 13.6. The van der Waals surface area contributed by atoms with Crippen molar-refractivity contribution >= 4 is 12.1 Å². The Balaban J connectivity index is 2.73. The first-order valence-electron chi connectivity index (χ1n) is 7.22. The van der Waals surface area contributed by atoms with Gasteiger partial charge in [0.2, 0.25) is 0 Å². The monoisotopic (exact) mass is 318 g/mol. The lowest BCUT2D eigenvalue weighted by atomic mass is 10.2. The molecule has 0 aliphatic heterocycles. The van der Waals surface area contributed by atoms with Gasteiger partial charge in [0.05, 0.1) is 0 Å². The van der Waals surface area contributed by atoms with Crippen LogP contribution in [0.25, 0.3) is 0 Å². The Kier molecular flexibility index (Phi) is 6.99. The molecule has 1 amide bonds. The summed E-state index contributed by atoms with van der Waals surface area (Å²) in [5, 5.41) is 8.63. The molecule has 23 heavy (non-hydrogen) atoms. The van der Waals surface area contributed by atoms with Crippen molar-refractivity contribution in [2.75, 3.05) is 6.54 Å². The van der Waals surface area contributed by atoms with Gasteiger partial charge in [-0.3, -0.25) is 9.88 Å². The number of hydrogen-bond donors (Lipinski definition) is 1. The molecule has 6 heteroatoms. The minimum Gasteiger partial charge on any atom is -0.478 e. The van der Waals surface area contributed by atoms with Crippen molar-refractivity contribution < 1.29 is 19.4 Å². The van der Waals surface area contributed by atoms with Crippen LogP contribution in [0.4, 0.5) is 4.79 Å². The van der Waals surface area contributed by atoms with E-state index in [2.05, 4.69) is 4.98 Å². The number of carbonyl (C=O) groups is 2. The zero-order chi connectivity index (χ0) is 17.3. The third kappa shape index (κ3) is 8.40. The summed E-state index contributed by atoms with van der Waals surface area (Å²) < 4.78 is 5.30. The van der Waals surface area contributed by atoms with Crippen LogP contribution in [0.2, 0.25) is 0 Å². The first-order chi connectivity index (χ1) is 10.8. The van der Waals surface area contributed by atoms with Crippen LogP contribution in [0.1, 0.15) is 26.3 Å². The number of pyridine rings is 1. The van der Waals surface area contributed by atoms with E-state index in [0.717, 1.165) is 11.6 Å². The van der Waals surface area contributed by atoms with E-state index in [1.54, 1.807) is 45.4 Å². The van der Waals surface area contributed by atoms with Crippen molar-refractivity contribution in [3.05, 3.63) is 54.5 Å². The summed E-state index contributed by atoms with van der Waals surface area (Å²) in [7, 11) is 0. The summed E-state index contributed by atoms with van der Waals surface area (Å²) >= 11 is 0. The van der Waals surface area contributed by atoms with E-state index in [0.29, 0.717) is 6.42 Å². The van der Waals surface area contributed by atoms with Crippen LogP contribution < -0.4 is 0 Å². The van der Waals surface area contributed by atoms with Crippen LogP contribution >= 0.6 is 0 Å². The van der Waals surface area contributed by atoms with E-state index in [4.69, 9.17) is 9.84 Å². The lowest BCUT2D eigenvalue weighted by Crippen LogP contribution is -2.33. The number of nitrogens with zero attached hydrogens (tertiary/aromatic N) is 2. The van der Waals surface area contributed by atoms with E-state index in [1.807, 2.05) is 12.1 Å². The number of carboxylic acids is 1. The Morgan fingerprint density at radius 3 is 2.65 bits per heavy atom. The summed E-state index contributed by atoms with van der Waals surface area (Å²) in [5.74, 6) is -1.06. The van der Waals surface area contributed by atoms with Gasteiger partial charge in [0.1, 0.15) is 5.60 Å². The van der Waals surface area contributed by atoms with Crippen molar-refractivity contribution in [1.82, 2.24) is 9.88 Å². The van der Waals surface area contributed by atoms with Gasteiger partial charge in [0.25, 0.3) is 0 Å². The third-order valence-electron chi connectivity index (χ3n) is 2.55. The smallest absolute Gasteiger partial charge is 0.414 e. The number of hydrogen-bond acceptors (Lipinski definition) is 4. The summed E-state index contributed by atoms with van der Waals surface area (Å²) in [6.07, 6.45) is 9.28. The molecule has 1 N–H and O–H groups in total. The van der Waals surface area contributed by atoms with Crippen LogP contribution in [-0.4, -0.2) is 39.2 Å². The molecule has 124 valence electrons. The molecule has 0 saturated heterocycles. The maximum absolute atomic E-state index is 12.1. The van der Waals surface area contributed by atoms with E-state index in [1.165, 1.54) is 11.0 Å². The lowest BCUT2D eigenvalue weighted by molar-refractivity contribution is -0.131. The average Bonchev–Trinajstić information content (AvgIpc) is 2.44. The number of rotatable bonds is 6. The fraction of sp³-hybridized carbons (Fsp3) is 0.353. The Morgan fingerprint density at radius 1 is 1.35 bits per heavy atom. The quantitative estimate of drug-likeness (QED) is 0.816. The molecule has 0 aliphatic rings. The van der Waals surface area contributed by atoms with Crippen molar-refractivity contribution in [3.63, 3.8) is 0 Å². The molecule has 1 aromatic rings. The maximum atomic E-state index is 12.1. The standard InChI is InChI=1S/C17H22N2O4/c1-17(2,3)23-16(22)19(12-6-9-15(20)21)11-5-8-14-7-4-10-18-13-14/h4-7,9-11,13H,8,12H2,1-3H3,(H,20,21). The number of aromatic nitrogens is 1. The molecule has 0 bridgehead atoms. The van der Waals surface area contributed by atoms with Gasteiger partial charge in [-0.05, 0) is 38.8 Å². The van der Waals surface area contributed by atoms with E-state index < -0.39 is 17.7 Å². The largest absolute Gasteiger partial charge is 0.478 e. The molecule has 0 atom stereocenters. The Bertz CT molecular complexity index is 574. The molecule has 0 unspecified atom stereocenters. The SMILES string of the molecule is CC(C)(C)OC(=O)N(C=CCc1cccnc1)CC=CC(=O)O. The minimum atomic E-state index is -1.06. The highest BCUT2D eigenvalue weighted by Crippen LogP contribution is 2.10. The van der Waals surface area contributed by atoms with Gasteiger partial charge in [-0.25, -0.2) is 9.59 Å². The predicted molar refractivity (Wildman–Crippen MR) is 86.8 cm³/mol. The molecular weight excluding hydrogens is 296 g/mol. The van der Waals surface area contributed by atoms with Crippen LogP contribution in [-0.2, 0) is 16.0 Å². The van der Waals surface area contributed by atoms with Gasteiger partial charge in [-0.15, -0.1) is 0 Å². The van der Waals surface area contributed by atoms with Gasteiger partial charge >= 0.3 is 12.1 Å².